The Morgan fingerprint density at radius 1 is 1.33 bits per heavy atom. The molecule has 1 aromatic heterocycles. The zero-order chi connectivity index (χ0) is 10.7. The van der Waals surface area contributed by atoms with Gasteiger partial charge in [0.1, 0.15) is 0 Å². The summed E-state index contributed by atoms with van der Waals surface area (Å²) < 4.78 is 1.38. The van der Waals surface area contributed by atoms with Crippen LogP contribution in [0.2, 0.25) is 0 Å². The molecule has 0 amide bonds. The molecule has 0 saturated carbocycles. The maximum Gasteiger partial charge on any atom is 0.0452 e. The molecule has 0 aliphatic heterocycles. The molecule has 0 bridgehead atoms. The number of rotatable bonds is 4. The lowest BCUT2D eigenvalue weighted by molar-refractivity contribution is 0.349. The Labute approximate surface area is 94.3 Å². The van der Waals surface area contributed by atoms with Crippen molar-refractivity contribution in [3.05, 3.63) is 35.2 Å². The van der Waals surface area contributed by atoms with E-state index in [2.05, 4.69) is 41.6 Å². The molecule has 0 aliphatic carbocycles. The van der Waals surface area contributed by atoms with Crippen LogP contribution < -0.4 is 5.73 Å². The molecule has 15 heavy (non-hydrogen) atoms. The van der Waals surface area contributed by atoms with Gasteiger partial charge in [0.2, 0.25) is 0 Å². The average Bonchev–Trinajstić information content (AvgIpc) is 2.69. The van der Waals surface area contributed by atoms with E-state index in [-0.39, 0.29) is 0 Å². The minimum absolute atomic E-state index is 0.627. The van der Waals surface area contributed by atoms with E-state index in [1.54, 1.807) is 0 Å². The lowest BCUT2D eigenvalue weighted by Gasteiger charge is -2.12. The van der Waals surface area contributed by atoms with Gasteiger partial charge in [0.15, 0.2) is 0 Å². The van der Waals surface area contributed by atoms with Crippen LogP contribution in [0.25, 0.3) is 10.1 Å². The summed E-state index contributed by atoms with van der Waals surface area (Å²) in [5.74, 6) is 0. The molecule has 1 aromatic carbocycles. The van der Waals surface area contributed by atoms with E-state index >= 15 is 0 Å². The van der Waals surface area contributed by atoms with Crippen LogP contribution in [-0.4, -0.2) is 25.2 Å². The molecule has 80 valence electrons. The first-order valence-corrected chi connectivity index (χ1v) is 6.03. The van der Waals surface area contributed by atoms with E-state index in [0.29, 0.717) is 6.67 Å². The van der Waals surface area contributed by atoms with Gasteiger partial charge in [-0.05, 0) is 35.9 Å². The number of hydrogen-bond acceptors (Lipinski definition) is 3. The van der Waals surface area contributed by atoms with Crippen molar-refractivity contribution < 1.29 is 0 Å². The number of nitrogens with zero attached hydrogens (tertiary/aromatic N) is 1. The van der Waals surface area contributed by atoms with Gasteiger partial charge in [-0.25, -0.2) is 0 Å². The number of thiophene rings is 1. The van der Waals surface area contributed by atoms with Gasteiger partial charge < -0.3 is 5.73 Å². The Bertz CT molecular complexity index is 436. The van der Waals surface area contributed by atoms with Gasteiger partial charge in [0, 0.05) is 17.9 Å². The predicted molar refractivity (Wildman–Crippen MR) is 67.2 cm³/mol. The molecule has 2 aromatic rings. The lowest BCUT2D eigenvalue weighted by atomic mass is 10.1. The van der Waals surface area contributed by atoms with Crippen LogP contribution in [0.4, 0.5) is 0 Å². The van der Waals surface area contributed by atoms with Crippen LogP contribution in [0, 0.1) is 0 Å². The molecular weight excluding hydrogens is 204 g/mol. The number of fused-ring (bicyclic) bond motifs is 1. The highest BCUT2D eigenvalue weighted by atomic mass is 32.1. The van der Waals surface area contributed by atoms with Crippen molar-refractivity contribution in [2.24, 2.45) is 5.73 Å². The second-order valence-electron chi connectivity index (χ2n) is 3.77. The van der Waals surface area contributed by atoms with E-state index in [1.165, 1.54) is 15.6 Å². The van der Waals surface area contributed by atoms with Gasteiger partial charge in [-0.3, -0.25) is 4.90 Å². The Morgan fingerprint density at radius 3 is 2.93 bits per heavy atom. The zero-order valence-corrected chi connectivity index (χ0v) is 9.76. The standard InChI is InChI=1S/C12H16N2S/c1-14(9-13)7-6-10-8-15-12-5-3-2-4-11(10)12/h2-5,8H,6-7,9,13H2,1H3. The fourth-order valence-corrected chi connectivity index (χ4v) is 2.63. The van der Waals surface area contributed by atoms with E-state index in [9.17, 15) is 0 Å². The molecule has 2 nitrogen and oxygen atoms in total. The van der Waals surface area contributed by atoms with Crippen molar-refractivity contribution in [3.8, 4) is 0 Å². The fourth-order valence-electron chi connectivity index (χ4n) is 1.63. The normalized spacial score (nSPS) is 11.4. The largest absolute Gasteiger partial charge is 0.318 e. The van der Waals surface area contributed by atoms with Gasteiger partial charge in [-0.1, -0.05) is 18.2 Å². The van der Waals surface area contributed by atoms with Crippen molar-refractivity contribution in [2.45, 2.75) is 6.42 Å². The van der Waals surface area contributed by atoms with Crippen molar-refractivity contribution in [1.29, 1.82) is 0 Å². The third kappa shape index (κ3) is 2.37. The van der Waals surface area contributed by atoms with Crippen LogP contribution in [0.15, 0.2) is 29.6 Å². The molecule has 0 radical (unpaired) electrons. The maximum atomic E-state index is 5.55. The molecular formula is C12H16N2S. The second-order valence-corrected chi connectivity index (χ2v) is 4.68. The third-order valence-corrected chi connectivity index (χ3v) is 3.65. The molecule has 1 heterocycles. The number of hydrogen-bond donors (Lipinski definition) is 1. The van der Waals surface area contributed by atoms with Gasteiger partial charge in [0.05, 0.1) is 0 Å². The Morgan fingerprint density at radius 2 is 2.13 bits per heavy atom. The van der Waals surface area contributed by atoms with Crippen molar-refractivity contribution in [3.63, 3.8) is 0 Å². The maximum absolute atomic E-state index is 5.55. The van der Waals surface area contributed by atoms with Gasteiger partial charge >= 0.3 is 0 Å². The molecule has 0 saturated heterocycles. The summed E-state index contributed by atoms with van der Waals surface area (Å²) in [5, 5.41) is 3.66. The Kier molecular flexibility index (Phi) is 3.36. The average molecular weight is 220 g/mol. The van der Waals surface area contributed by atoms with Crippen molar-refractivity contribution in [2.75, 3.05) is 20.3 Å². The molecule has 0 aliphatic rings. The highest BCUT2D eigenvalue weighted by Gasteiger charge is 2.03. The van der Waals surface area contributed by atoms with Crippen LogP contribution in [0.1, 0.15) is 5.56 Å². The minimum atomic E-state index is 0.627. The summed E-state index contributed by atoms with van der Waals surface area (Å²) in [5.41, 5.74) is 6.99. The molecule has 0 fully saturated rings. The topological polar surface area (TPSA) is 29.3 Å². The minimum Gasteiger partial charge on any atom is -0.318 e. The first-order valence-electron chi connectivity index (χ1n) is 5.15. The van der Waals surface area contributed by atoms with Crippen molar-refractivity contribution >= 4 is 21.4 Å². The molecule has 0 atom stereocenters. The smallest absolute Gasteiger partial charge is 0.0452 e. The van der Waals surface area contributed by atoms with Crippen LogP contribution in [0.3, 0.4) is 0 Å². The highest BCUT2D eigenvalue weighted by Crippen LogP contribution is 2.25. The van der Waals surface area contributed by atoms with E-state index in [4.69, 9.17) is 5.73 Å². The predicted octanol–water partition coefficient (Wildman–Crippen LogP) is 2.29. The highest BCUT2D eigenvalue weighted by molar-refractivity contribution is 7.17. The lowest BCUT2D eigenvalue weighted by Crippen LogP contribution is -2.27. The van der Waals surface area contributed by atoms with Crippen LogP contribution >= 0.6 is 11.3 Å². The first-order chi connectivity index (χ1) is 7.31. The Balaban J connectivity index is 2.14. The summed E-state index contributed by atoms with van der Waals surface area (Å²) in [6, 6.07) is 8.57. The Hall–Kier alpha value is -0.900. The summed E-state index contributed by atoms with van der Waals surface area (Å²) in [6.45, 7) is 1.65. The zero-order valence-electron chi connectivity index (χ0n) is 8.94. The van der Waals surface area contributed by atoms with E-state index in [0.717, 1.165) is 13.0 Å². The van der Waals surface area contributed by atoms with Gasteiger partial charge in [-0.2, -0.15) is 0 Å². The third-order valence-electron chi connectivity index (χ3n) is 2.64. The number of nitrogens with two attached hydrogens (primary N) is 1. The van der Waals surface area contributed by atoms with Gasteiger partial charge in [0.25, 0.3) is 0 Å². The first kappa shape index (κ1) is 10.6. The van der Waals surface area contributed by atoms with Gasteiger partial charge in [-0.15, -0.1) is 11.3 Å². The summed E-state index contributed by atoms with van der Waals surface area (Å²) in [7, 11) is 2.05. The fraction of sp³-hybridized carbons (Fsp3) is 0.333. The molecule has 2 N–H and O–H groups in total. The summed E-state index contributed by atoms with van der Waals surface area (Å²) in [6.07, 6.45) is 1.08. The molecule has 2 rings (SSSR count). The SMILES string of the molecule is CN(CN)CCc1csc2ccccc12. The number of likely N-dealkylation sites (N-methyl/N-ethyl adjacent to an activating group) is 1. The second kappa shape index (κ2) is 4.75. The van der Waals surface area contributed by atoms with Crippen molar-refractivity contribution in [1.82, 2.24) is 4.90 Å². The van der Waals surface area contributed by atoms with Crippen LogP contribution in [-0.2, 0) is 6.42 Å². The molecule has 0 unspecified atom stereocenters. The molecule has 0 spiro atoms. The number of benzene rings is 1. The molecule has 3 heteroatoms. The monoisotopic (exact) mass is 220 g/mol. The summed E-state index contributed by atoms with van der Waals surface area (Å²) in [4.78, 5) is 2.13. The van der Waals surface area contributed by atoms with E-state index in [1.807, 2.05) is 11.3 Å². The summed E-state index contributed by atoms with van der Waals surface area (Å²) >= 11 is 1.82. The van der Waals surface area contributed by atoms with Crippen LogP contribution in [0.5, 0.6) is 0 Å². The van der Waals surface area contributed by atoms with E-state index < -0.39 is 0 Å². The quantitative estimate of drug-likeness (QED) is 0.801.